The van der Waals surface area contributed by atoms with Gasteiger partial charge in [-0.25, -0.2) is 0 Å². The molecule has 0 saturated heterocycles. The van der Waals surface area contributed by atoms with Gasteiger partial charge in [-0.15, -0.1) is 22.7 Å². The minimum atomic E-state index is 0.769. The summed E-state index contributed by atoms with van der Waals surface area (Å²) >= 11 is 3.59. The van der Waals surface area contributed by atoms with Crippen LogP contribution in [0.1, 0.15) is 0 Å². The minimum Gasteiger partial charge on any atom is -0.293 e. The first kappa shape index (κ1) is 18.9. The van der Waals surface area contributed by atoms with Crippen LogP contribution in [0.5, 0.6) is 0 Å². The first-order valence-electron chi connectivity index (χ1n) is 9.74. The van der Waals surface area contributed by atoms with Crippen LogP contribution in [0.3, 0.4) is 0 Å². The van der Waals surface area contributed by atoms with E-state index in [1.165, 1.54) is 30.9 Å². The van der Waals surface area contributed by atoms with Crippen LogP contribution in [0.2, 0.25) is 0 Å². The fourth-order valence-electron chi connectivity index (χ4n) is 3.40. The average molecular weight is 419 g/mol. The van der Waals surface area contributed by atoms with E-state index >= 15 is 0 Å². The number of thiophene rings is 2. The van der Waals surface area contributed by atoms with Crippen LogP contribution < -0.4 is 10.4 Å². The first-order valence-corrected chi connectivity index (χ1v) is 11.4. The molecule has 0 aliphatic rings. The zero-order valence-electron chi connectivity index (χ0n) is 16.2. The molecule has 2 radical (unpaired) electrons. The molecule has 0 amide bonds. The molecule has 5 rings (SSSR count). The standard InChI is InChI=1S/C26H18BNS2/c27-21-11-13-22(14-12-21)28(25-17-15-23(29-25)19-7-3-1-4-8-19)26-18-16-24(30-26)20-9-5-2-6-10-20/h1-18H. The Hall–Kier alpha value is -3.08. The first-order chi connectivity index (χ1) is 14.8. The SMILES string of the molecule is [B]c1ccc(N(c2ccc(-c3ccccc3)s2)c2ccc(-c3ccccc3)s2)cc1. The molecule has 4 heteroatoms. The zero-order chi connectivity index (χ0) is 20.3. The van der Waals surface area contributed by atoms with E-state index in [4.69, 9.17) is 7.85 Å². The van der Waals surface area contributed by atoms with Crippen molar-refractivity contribution in [3.63, 3.8) is 0 Å². The second-order valence-electron chi connectivity index (χ2n) is 6.93. The van der Waals surface area contributed by atoms with Gasteiger partial charge in [0.05, 0.1) is 0 Å². The van der Waals surface area contributed by atoms with Crippen molar-refractivity contribution in [2.24, 2.45) is 0 Å². The van der Waals surface area contributed by atoms with Gasteiger partial charge in [0.15, 0.2) is 0 Å². The molecule has 0 aliphatic heterocycles. The van der Waals surface area contributed by atoms with Gasteiger partial charge in [0.2, 0.25) is 0 Å². The lowest BCUT2D eigenvalue weighted by Gasteiger charge is -2.21. The fourth-order valence-corrected chi connectivity index (χ4v) is 5.55. The second-order valence-corrected chi connectivity index (χ2v) is 9.06. The van der Waals surface area contributed by atoms with E-state index < -0.39 is 0 Å². The Morgan fingerprint density at radius 1 is 0.500 bits per heavy atom. The Kier molecular flexibility index (Phi) is 5.27. The van der Waals surface area contributed by atoms with Crippen LogP contribution in [0.4, 0.5) is 15.7 Å². The molecule has 0 spiro atoms. The topological polar surface area (TPSA) is 3.24 Å². The van der Waals surface area contributed by atoms with Crippen molar-refractivity contribution in [2.75, 3.05) is 4.90 Å². The smallest absolute Gasteiger partial charge is 0.113 e. The Balaban J connectivity index is 1.58. The third-order valence-corrected chi connectivity index (χ3v) is 7.13. The van der Waals surface area contributed by atoms with Crippen molar-refractivity contribution in [1.82, 2.24) is 0 Å². The third kappa shape index (κ3) is 3.84. The van der Waals surface area contributed by atoms with Gasteiger partial charge in [-0.2, -0.15) is 0 Å². The lowest BCUT2D eigenvalue weighted by atomic mass is 9.96. The van der Waals surface area contributed by atoms with Crippen LogP contribution in [0.15, 0.2) is 109 Å². The van der Waals surface area contributed by atoms with Crippen molar-refractivity contribution in [3.8, 4) is 20.9 Å². The Labute approximate surface area is 186 Å². The van der Waals surface area contributed by atoms with Crippen LogP contribution in [0.25, 0.3) is 20.9 Å². The van der Waals surface area contributed by atoms with E-state index in [-0.39, 0.29) is 0 Å². The van der Waals surface area contributed by atoms with E-state index in [9.17, 15) is 0 Å². The van der Waals surface area contributed by atoms with Gasteiger partial charge in [0, 0.05) is 15.4 Å². The monoisotopic (exact) mass is 419 g/mol. The summed E-state index contributed by atoms with van der Waals surface area (Å²) in [6.07, 6.45) is 0. The molecule has 30 heavy (non-hydrogen) atoms. The van der Waals surface area contributed by atoms with Crippen LogP contribution >= 0.6 is 22.7 Å². The number of hydrogen-bond acceptors (Lipinski definition) is 3. The summed E-state index contributed by atoms with van der Waals surface area (Å²) < 4.78 is 0. The zero-order valence-corrected chi connectivity index (χ0v) is 17.9. The maximum Gasteiger partial charge on any atom is 0.113 e. The molecule has 5 aromatic rings. The molecule has 3 aromatic carbocycles. The normalized spacial score (nSPS) is 10.8. The molecule has 0 unspecified atom stereocenters. The molecule has 2 aromatic heterocycles. The fraction of sp³-hybridized carbons (Fsp3) is 0. The molecular formula is C26H18BNS2. The van der Waals surface area contributed by atoms with E-state index in [1.54, 1.807) is 22.7 Å². The van der Waals surface area contributed by atoms with Gasteiger partial charge in [-0.3, -0.25) is 4.90 Å². The predicted molar refractivity (Wildman–Crippen MR) is 133 cm³/mol. The van der Waals surface area contributed by atoms with E-state index in [0.29, 0.717) is 0 Å². The van der Waals surface area contributed by atoms with Gasteiger partial charge in [0.25, 0.3) is 0 Å². The van der Waals surface area contributed by atoms with Crippen molar-refractivity contribution in [2.45, 2.75) is 0 Å². The Morgan fingerprint density at radius 3 is 1.43 bits per heavy atom. The quantitative estimate of drug-likeness (QED) is 0.268. The summed E-state index contributed by atoms with van der Waals surface area (Å²) in [6, 6.07) is 37.9. The van der Waals surface area contributed by atoms with Crippen molar-refractivity contribution < 1.29 is 0 Å². The minimum absolute atomic E-state index is 0.769. The second kappa shape index (κ2) is 8.35. The Bertz CT molecular complexity index is 1160. The van der Waals surface area contributed by atoms with Gasteiger partial charge >= 0.3 is 0 Å². The van der Waals surface area contributed by atoms with Crippen molar-refractivity contribution >= 4 is 51.7 Å². The molecule has 142 valence electrons. The molecular weight excluding hydrogens is 401 g/mol. The highest BCUT2D eigenvalue weighted by molar-refractivity contribution is 7.21. The molecule has 0 atom stereocenters. The van der Waals surface area contributed by atoms with Gasteiger partial charge in [-0.05, 0) is 47.5 Å². The predicted octanol–water partition coefficient (Wildman–Crippen LogP) is 7.41. The van der Waals surface area contributed by atoms with Crippen LogP contribution in [-0.2, 0) is 0 Å². The summed E-state index contributed by atoms with van der Waals surface area (Å²) in [4.78, 5) is 4.82. The van der Waals surface area contributed by atoms with Crippen molar-refractivity contribution in [1.29, 1.82) is 0 Å². The number of anilines is 3. The third-order valence-electron chi connectivity index (χ3n) is 4.89. The molecule has 0 bridgehead atoms. The van der Waals surface area contributed by atoms with Gasteiger partial charge < -0.3 is 0 Å². The van der Waals surface area contributed by atoms with E-state index in [1.807, 2.05) is 12.1 Å². The number of nitrogens with zero attached hydrogens (tertiary/aromatic N) is 1. The summed E-state index contributed by atoms with van der Waals surface area (Å²) in [7, 11) is 5.95. The number of benzene rings is 3. The van der Waals surface area contributed by atoms with Crippen LogP contribution in [0, 0.1) is 0 Å². The molecule has 0 fully saturated rings. The van der Waals surface area contributed by atoms with Gasteiger partial charge in [-0.1, -0.05) is 78.3 Å². The largest absolute Gasteiger partial charge is 0.293 e. The summed E-state index contributed by atoms with van der Waals surface area (Å²) in [5, 5.41) is 2.36. The highest BCUT2D eigenvalue weighted by atomic mass is 32.1. The van der Waals surface area contributed by atoms with Crippen LogP contribution in [-0.4, -0.2) is 7.85 Å². The molecule has 0 aliphatic carbocycles. The molecule has 0 saturated carbocycles. The van der Waals surface area contributed by atoms with Crippen molar-refractivity contribution in [3.05, 3.63) is 109 Å². The average Bonchev–Trinajstić information content (AvgIpc) is 3.47. The highest BCUT2D eigenvalue weighted by Crippen LogP contribution is 2.45. The lowest BCUT2D eigenvalue weighted by molar-refractivity contribution is 1.36. The Morgan fingerprint density at radius 2 is 0.967 bits per heavy atom. The van der Waals surface area contributed by atoms with E-state index in [0.717, 1.165) is 11.2 Å². The molecule has 2 heterocycles. The van der Waals surface area contributed by atoms with E-state index in [2.05, 4.69) is 102 Å². The summed E-state index contributed by atoms with van der Waals surface area (Å²) in [6.45, 7) is 0. The highest BCUT2D eigenvalue weighted by Gasteiger charge is 2.17. The summed E-state index contributed by atoms with van der Waals surface area (Å²) in [5.41, 5.74) is 4.35. The lowest BCUT2D eigenvalue weighted by Crippen LogP contribution is -2.08. The molecule has 0 N–H and O–H groups in total. The number of rotatable bonds is 5. The van der Waals surface area contributed by atoms with Gasteiger partial charge in [0.1, 0.15) is 17.8 Å². The maximum atomic E-state index is 5.95. The molecule has 1 nitrogen and oxygen atoms in total. The maximum absolute atomic E-state index is 5.95. The number of hydrogen-bond donors (Lipinski definition) is 0. The summed E-state index contributed by atoms with van der Waals surface area (Å²) in [5.74, 6) is 0.